The minimum Gasteiger partial charge on any atom is -0.316 e. The largest absolute Gasteiger partial charge is 0.316 e. The Balaban J connectivity index is 2.49. The highest BCUT2D eigenvalue weighted by atomic mass is 19.3. The highest BCUT2D eigenvalue weighted by Crippen LogP contribution is 2.29. The van der Waals surface area contributed by atoms with Crippen molar-refractivity contribution in [2.45, 2.75) is 19.3 Å². The van der Waals surface area contributed by atoms with E-state index in [2.05, 4.69) is 5.32 Å². The van der Waals surface area contributed by atoms with Crippen LogP contribution in [-0.2, 0) is 0 Å². The van der Waals surface area contributed by atoms with E-state index in [4.69, 9.17) is 0 Å². The van der Waals surface area contributed by atoms with Gasteiger partial charge in [-0.2, -0.15) is 0 Å². The lowest BCUT2D eigenvalue weighted by Gasteiger charge is -2.28. The number of hydrogen-bond donors (Lipinski definition) is 1. The van der Waals surface area contributed by atoms with Gasteiger partial charge in [-0.3, -0.25) is 0 Å². The molecule has 0 saturated carbocycles. The molecular weight excluding hydrogens is 124 g/mol. The summed E-state index contributed by atoms with van der Waals surface area (Å²) in [5.74, 6) is -2.92. The monoisotopic (exact) mass is 135 g/mol. The maximum absolute atomic E-state index is 12.6. The van der Waals surface area contributed by atoms with Crippen molar-refractivity contribution in [3.63, 3.8) is 0 Å². The van der Waals surface area contributed by atoms with Crippen LogP contribution in [-0.4, -0.2) is 19.0 Å². The summed E-state index contributed by atoms with van der Waals surface area (Å²) in [7, 11) is 0. The Morgan fingerprint density at radius 2 is 2.22 bits per heavy atom. The number of piperidine rings is 1. The van der Waals surface area contributed by atoms with Crippen molar-refractivity contribution in [3.05, 3.63) is 0 Å². The van der Waals surface area contributed by atoms with Crippen molar-refractivity contribution < 1.29 is 8.78 Å². The van der Waals surface area contributed by atoms with E-state index in [-0.39, 0.29) is 6.42 Å². The van der Waals surface area contributed by atoms with Crippen LogP contribution in [0.4, 0.5) is 8.78 Å². The first kappa shape index (κ1) is 6.93. The fraction of sp³-hybridized carbons (Fsp3) is 1.00. The van der Waals surface area contributed by atoms with Crippen LogP contribution in [0.5, 0.6) is 0 Å². The maximum Gasteiger partial charge on any atom is 0.253 e. The van der Waals surface area contributed by atoms with Crippen LogP contribution in [0, 0.1) is 5.92 Å². The molecule has 1 heterocycles. The van der Waals surface area contributed by atoms with E-state index in [9.17, 15) is 8.78 Å². The van der Waals surface area contributed by atoms with E-state index in [1.54, 1.807) is 6.92 Å². The first-order valence-corrected chi connectivity index (χ1v) is 3.21. The van der Waals surface area contributed by atoms with Gasteiger partial charge in [0.1, 0.15) is 0 Å². The molecule has 0 aromatic rings. The van der Waals surface area contributed by atoms with E-state index in [0.29, 0.717) is 13.1 Å². The molecule has 1 nitrogen and oxygen atoms in total. The standard InChI is InChI=1S/C6H11F2N/c1-5-4-9-3-2-6(5,7)8/h5,9H,2-4H2,1H3/t5-/m0/s1. The van der Waals surface area contributed by atoms with Crippen molar-refractivity contribution in [2.24, 2.45) is 5.92 Å². The zero-order valence-corrected chi connectivity index (χ0v) is 5.45. The fourth-order valence-corrected chi connectivity index (χ4v) is 0.969. The Labute approximate surface area is 53.4 Å². The van der Waals surface area contributed by atoms with Crippen molar-refractivity contribution >= 4 is 0 Å². The predicted molar refractivity (Wildman–Crippen MR) is 31.6 cm³/mol. The summed E-state index contributed by atoms with van der Waals surface area (Å²) < 4.78 is 25.1. The van der Waals surface area contributed by atoms with Gasteiger partial charge in [-0.1, -0.05) is 6.92 Å². The molecule has 0 radical (unpaired) electrons. The summed E-state index contributed by atoms with van der Waals surface area (Å²) in [6.07, 6.45) is -0.00579. The first-order valence-electron chi connectivity index (χ1n) is 3.21. The van der Waals surface area contributed by atoms with E-state index in [0.717, 1.165) is 0 Å². The second-order valence-corrected chi connectivity index (χ2v) is 2.62. The lowest BCUT2D eigenvalue weighted by molar-refractivity contribution is -0.0710. The molecule has 1 fully saturated rings. The Bertz CT molecular complexity index is 103. The SMILES string of the molecule is C[C@H]1CNCCC1(F)F. The van der Waals surface area contributed by atoms with Crippen LogP contribution in [0.2, 0.25) is 0 Å². The number of hydrogen-bond acceptors (Lipinski definition) is 1. The minimum atomic E-state index is -2.43. The molecule has 1 N–H and O–H groups in total. The zero-order valence-electron chi connectivity index (χ0n) is 5.45. The lowest BCUT2D eigenvalue weighted by Crippen LogP contribution is -2.42. The third-order valence-electron chi connectivity index (χ3n) is 1.81. The van der Waals surface area contributed by atoms with Gasteiger partial charge in [0.25, 0.3) is 5.92 Å². The van der Waals surface area contributed by atoms with Crippen LogP contribution >= 0.6 is 0 Å². The average molecular weight is 135 g/mol. The van der Waals surface area contributed by atoms with Crippen molar-refractivity contribution in [2.75, 3.05) is 13.1 Å². The quantitative estimate of drug-likeness (QED) is 0.527. The van der Waals surface area contributed by atoms with Gasteiger partial charge in [0, 0.05) is 25.4 Å². The van der Waals surface area contributed by atoms with Crippen molar-refractivity contribution in [3.8, 4) is 0 Å². The maximum atomic E-state index is 12.6. The van der Waals surface area contributed by atoms with Gasteiger partial charge in [-0.25, -0.2) is 8.78 Å². The number of rotatable bonds is 0. The smallest absolute Gasteiger partial charge is 0.253 e. The molecule has 0 bridgehead atoms. The van der Waals surface area contributed by atoms with Crippen LogP contribution in [0.1, 0.15) is 13.3 Å². The minimum absolute atomic E-state index is 0.00579. The van der Waals surface area contributed by atoms with E-state index >= 15 is 0 Å². The van der Waals surface area contributed by atoms with Crippen LogP contribution in [0.25, 0.3) is 0 Å². The van der Waals surface area contributed by atoms with Crippen molar-refractivity contribution in [1.82, 2.24) is 5.32 Å². The molecule has 0 spiro atoms. The second-order valence-electron chi connectivity index (χ2n) is 2.62. The Kier molecular flexibility index (Phi) is 1.70. The number of nitrogens with one attached hydrogen (secondary N) is 1. The third kappa shape index (κ3) is 1.39. The summed E-state index contributed by atoms with van der Waals surface area (Å²) in [6.45, 7) is 2.48. The van der Waals surface area contributed by atoms with Gasteiger partial charge in [0.15, 0.2) is 0 Å². The number of halogens is 2. The van der Waals surface area contributed by atoms with Crippen LogP contribution < -0.4 is 5.32 Å². The molecule has 9 heavy (non-hydrogen) atoms. The zero-order chi connectivity index (χ0) is 6.91. The van der Waals surface area contributed by atoms with Gasteiger partial charge >= 0.3 is 0 Å². The molecule has 1 rings (SSSR count). The summed E-state index contributed by atoms with van der Waals surface area (Å²) in [5.41, 5.74) is 0. The average Bonchev–Trinajstić information content (AvgIpc) is 1.77. The summed E-state index contributed by atoms with van der Waals surface area (Å²) in [6, 6.07) is 0. The van der Waals surface area contributed by atoms with E-state index in [1.165, 1.54) is 0 Å². The topological polar surface area (TPSA) is 12.0 Å². The number of alkyl halides is 2. The molecule has 0 aromatic carbocycles. The highest BCUT2D eigenvalue weighted by molar-refractivity contribution is 4.80. The van der Waals surface area contributed by atoms with Gasteiger partial charge in [-0.05, 0) is 0 Å². The van der Waals surface area contributed by atoms with Gasteiger partial charge in [0.2, 0.25) is 0 Å². The summed E-state index contributed by atoms with van der Waals surface area (Å²) >= 11 is 0. The molecule has 3 heteroatoms. The molecule has 0 aliphatic carbocycles. The van der Waals surface area contributed by atoms with Gasteiger partial charge < -0.3 is 5.32 Å². The van der Waals surface area contributed by atoms with E-state index in [1.807, 2.05) is 0 Å². The van der Waals surface area contributed by atoms with E-state index < -0.39 is 11.8 Å². The second kappa shape index (κ2) is 2.21. The Hall–Kier alpha value is -0.180. The highest BCUT2D eigenvalue weighted by Gasteiger charge is 2.37. The molecule has 1 saturated heterocycles. The molecule has 0 unspecified atom stereocenters. The Morgan fingerprint density at radius 3 is 2.56 bits per heavy atom. The van der Waals surface area contributed by atoms with Gasteiger partial charge in [0.05, 0.1) is 0 Å². The fourth-order valence-electron chi connectivity index (χ4n) is 0.969. The van der Waals surface area contributed by atoms with Gasteiger partial charge in [-0.15, -0.1) is 0 Å². The lowest BCUT2D eigenvalue weighted by atomic mass is 9.97. The summed E-state index contributed by atoms with van der Waals surface area (Å²) in [4.78, 5) is 0. The molecule has 54 valence electrons. The molecule has 1 aliphatic rings. The first-order chi connectivity index (χ1) is 4.13. The normalized spacial score (nSPS) is 34.3. The molecular formula is C6H11F2N. The molecule has 0 amide bonds. The third-order valence-corrected chi connectivity index (χ3v) is 1.81. The van der Waals surface area contributed by atoms with Crippen LogP contribution in [0.3, 0.4) is 0 Å². The van der Waals surface area contributed by atoms with Crippen molar-refractivity contribution in [1.29, 1.82) is 0 Å². The molecule has 1 atom stereocenters. The summed E-state index contributed by atoms with van der Waals surface area (Å²) in [5, 5.41) is 2.91. The predicted octanol–water partition coefficient (Wildman–Crippen LogP) is 1.25. The van der Waals surface area contributed by atoms with Crippen LogP contribution in [0.15, 0.2) is 0 Å². The molecule has 0 aromatic heterocycles. The Morgan fingerprint density at radius 1 is 1.56 bits per heavy atom. The molecule has 1 aliphatic heterocycles.